The Bertz CT molecular complexity index is 270. The van der Waals surface area contributed by atoms with Crippen LogP contribution in [0.3, 0.4) is 0 Å². The van der Waals surface area contributed by atoms with Crippen LogP contribution in [-0.4, -0.2) is 42.3 Å². The lowest BCUT2D eigenvalue weighted by atomic mass is 9.97. The number of methoxy groups -OCH3 is 1. The Morgan fingerprint density at radius 2 is 2.06 bits per heavy atom. The van der Waals surface area contributed by atoms with Crippen molar-refractivity contribution in [3.63, 3.8) is 0 Å². The van der Waals surface area contributed by atoms with Gasteiger partial charge in [0, 0.05) is 13.7 Å². The van der Waals surface area contributed by atoms with Crippen LogP contribution in [0.5, 0.6) is 0 Å². The molecule has 0 aromatic rings. The molecule has 0 aliphatic heterocycles. The molecule has 1 fully saturated rings. The van der Waals surface area contributed by atoms with E-state index in [1.54, 1.807) is 0 Å². The van der Waals surface area contributed by atoms with Gasteiger partial charge in [-0.3, -0.25) is 4.79 Å². The van der Waals surface area contributed by atoms with Crippen LogP contribution in [-0.2, 0) is 14.3 Å². The number of rotatable bonds is 5. The van der Waals surface area contributed by atoms with Gasteiger partial charge in [-0.2, -0.15) is 0 Å². The average Bonchev–Trinajstić information content (AvgIpc) is 2.69. The maximum atomic E-state index is 11.7. The number of carboxylic acid groups (broad SMARTS) is 1. The lowest BCUT2D eigenvalue weighted by Gasteiger charge is -2.27. The molecule has 6 heteroatoms. The summed E-state index contributed by atoms with van der Waals surface area (Å²) in [5.41, 5.74) is 4.22. The first kappa shape index (κ1) is 12.9. The van der Waals surface area contributed by atoms with Gasteiger partial charge in [0.25, 0.3) is 5.91 Å². The van der Waals surface area contributed by atoms with E-state index in [9.17, 15) is 9.59 Å². The summed E-state index contributed by atoms with van der Waals surface area (Å²) in [5, 5.41) is 11.7. The second kappa shape index (κ2) is 5.27. The standard InChI is InChI=1S/C10H18N2O4/c1-16-7(6-11)8(13)12-10(9(14)15)4-2-3-5-10/h7H,2-6,11H2,1H3,(H,12,13)(H,14,15). The van der Waals surface area contributed by atoms with Crippen LogP contribution in [0, 0.1) is 0 Å². The number of ether oxygens (including phenoxy) is 1. The third-order valence-corrected chi connectivity index (χ3v) is 3.02. The van der Waals surface area contributed by atoms with E-state index in [0.29, 0.717) is 12.8 Å². The van der Waals surface area contributed by atoms with Gasteiger partial charge >= 0.3 is 5.97 Å². The van der Waals surface area contributed by atoms with Crippen LogP contribution in [0.15, 0.2) is 0 Å². The Morgan fingerprint density at radius 1 is 1.50 bits per heavy atom. The molecule has 0 heterocycles. The fraction of sp³-hybridized carbons (Fsp3) is 0.800. The highest BCUT2D eigenvalue weighted by atomic mass is 16.5. The molecule has 4 N–H and O–H groups in total. The van der Waals surface area contributed by atoms with Gasteiger partial charge in [-0.25, -0.2) is 4.79 Å². The molecular weight excluding hydrogens is 212 g/mol. The van der Waals surface area contributed by atoms with Crippen LogP contribution in [0.2, 0.25) is 0 Å². The highest BCUT2D eigenvalue weighted by molar-refractivity contribution is 5.89. The van der Waals surface area contributed by atoms with Crippen LogP contribution < -0.4 is 11.1 Å². The van der Waals surface area contributed by atoms with Crippen LogP contribution in [0.4, 0.5) is 0 Å². The molecule has 6 nitrogen and oxygen atoms in total. The van der Waals surface area contributed by atoms with Crippen LogP contribution >= 0.6 is 0 Å². The second-order valence-corrected chi connectivity index (χ2v) is 4.04. The average molecular weight is 230 g/mol. The van der Waals surface area contributed by atoms with Crippen molar-refractivity contribution in [3.8, 4) is 0 Å². The minimum atomic E-state index is -1.12. The number of hydrogen-bond acceptors (Lipinski definition) is 4. The van der Waals surface area contributed by atoms with Gasteiger partial charge in [0.2, 0.25) is 0 Å². The molecule has 1 amide bonds. The summed E-state index contributed by atoms with van der Waals surface area (Å²) in [6, 6.07) is 0. The molecule has 1 aliphatic rings. The van der Waals surface area contributed by atoms with Gasteiger partial charge in [0.1, 0.15) is 11.6 Å². The molecule has 92 valence electrons. The van der Waals surface area contributed by atoms with Gasteiger partial charge in [-0.15, -0.1) is 0 Å². The van der Waals surface area contributed by atoms with Crippen molar-refractivity contribution < 1.29 is 19.4 Å². The lowest BCUT2D eigenvalue weighted by Crippen LogP contribution is -2.56. The first-order valence-electron chi connectivity index (χ1n) is 5.34. The molecule has 0 aromatic heterocycles. The van der Waals surface area contributed by atoms with Crippen molar-refractivity contribution in [1.29, 1.82) is 0 Å². The molecule has 0 spiro atoms. The minimum Gasteiger partial charge on any atom is -0.480 e. The predicted molar refractivity (Wildman–Crippen MR) is 56.8 cm³/mol. The number of amides is 1. The van der Waals surface area contributed by atoms with Crippen molar-refractivity contribution >= 4 is 11.9 Å². The van der Waals surface area contributed by atoms with Crippen LogP contribution in [0.25, 0.3) is 0 Å². The SMILES string of the molecule is COC(CN)C(=O)NC1(C(=O)O)CCCC1. The molecule has 1 saturated carbocycles. The van der Waals surface area contributed by atoms with Gasteiger partial charge in [0.05, 0.1) is 0 Å². The first-order chi connectivity index (χ1) is 7.55. The second-order valence-electron chi connectivity index (χ2n) is 4.04. The zero-order valence-electron chi connectivity index (χ0n) is 9.36. The van der Waals surface area contributed by atoms with E-state index in [1.807, 2.05) is 0 Å². The lowest BCUT2D eigenvalue weighted by molar-refractivity contribution is -0.149. The van der Waals surface area contributed by atoms with E-state index in [-0.39, 0.29) is 6.54 Å². The summed E-state index contributed by atoms with van der Waals surface area (Å²) in [6.07, 6.45) is 1.78. The Kier molecular flexibility index (Phi) is 4.26. The smallest absolute Gasteiger partial charge is 0.329 e. The third kappa shape index (κ3) is 2.51. The van der Waals surface area contributed by atoms with E-state index in [1.165, 1.54) is 7.11 Å². The molecule has 1 rings (SSSR count). The summed E-state index contributed by atoms with van der Waals surface area (Å²) in [4.78, 5) is 22.9. The number of carbonyl (C=O) groups excluding carboxylic acids is 1. The van der Waals surface area contributed by atoms with Crippen molar-refractivity contribution in [2.75, 3.05) is 13.7 Å². The van der Waals surface area contributed by atoms with E-state index in [2.05, 4.69) is 5.32 Å². The summed E-state index contributed by atoms with van der Waals surface area (Å²) in [7, 11) is 1.37. The molecule has 1 unspecified atom stereocenters. The maximum absolute atomic E-state index is 11.7. The molecule has 1 aliphatic carbocycles. The van der Waals surface area contributed by atoms with Gasteiger partial charge in [-0.1, -0.05) is 12.8 Å². The molecule has 0 radical (unpaired) electrons. The Hall–Kier alpha value is -1.14. The number of aliphatic carboxylic acids is 1. The summed E-state index contributed by atoms with van der Waals surface area (Å²) >= 11 is 0. The molecule has 0 saturated heterocycles. The van der Waals surface area contributed by atoms with Gasteiger partial charge in [-0.05, 0) is 12.8 Å². The Balaban J connectivity index is 2.69. The van der Waals surface area contributed by atoms with Crippen molar-refractivity contribution in [2.24, 2.45) is 5.73 Å². The molecule has 16 heavy (non-hydrogen) atoms. The zero-order chi connectivity index (χ0) is 12.2. The molecule has 1 atom stereocenters. The number of hydrogen-bond donors (Lipinski definition) is 3. The van der Waals surface area contributed by atoms with Gasteiger partial charge < -0.3 is 20.9 Å². The van der Waals surface area contributed by atoms with Gasteiger partial charge in [0.15, 0.2) is 0 Å². The highest BCUT2D eigenvalue weighted by Gasteiger charge is 2.43. The molecular formula is C10H18N2O4. The topological polar surface area (TPSA) is 102 Å². The Labute approximate surface area is 94.1 Å². The van der Waals surface area contributed by atoms with Crippen molar-refractivity contribution in [1.82, 2.24) is 5.32 Å². The highest BCUT2D eigenvalue weighted by Crippen LogP contribution is 2.29. The number of nitrogens with two attached hydrogens (primary N) is 1. The predicted octanol–water partition coefficient (Wildman–Crippen LogP) is -0.526. The summed E-state index contributed by atoms with van der Waals surface area (Å²) in [6.45, 7) is 0.0397. The zero-order valence-corrected chi connectivity index (χ0v) is 9.36. The normalized spacial score (nSPS) is 20.4. The fourth-order valence-corrected chi connectivity index (χ4v) is 2.00. The Morgan fingerprint density at radius 3 is 2.44 bits per heavy atom. The number of carboxylic acids is 1. The number of nitrogens with one attached hydrogen (secondary N) is 1. The van der Waals surface area contributed by atoms with E-state index in [4.69, 9.17) is 15.6 Å². The maximum Gasteiger partial charge on any atom is 0.329 e. The number of carbonyl (C=O) groups is 2. The third-order valence-electron chi connectivity index (χ3n) is 3.02. The van der Waals surface area contributed by atoms with E-state index >= 15 is 0 Å². The molecule has 0 bridgehead atoms. The van der Waals surface area contributed by atoms with Crippen LogP contribution in [0.1, 0.15) is 25.7 Å². The quantitative estimate of drug-likeness (QED) is 0.589. The monoisotopic (exact) mass is 230 g/mol. The van der Waals surface area contributed by atoms with E-state index in [0.717, 1.165) is 12.8 Å². The summed E-state index contributed by atoms with van der Waals surface area (Å²) in [5.74, 6) is -1.43. The largest absolute Gasteiger partial charge is 0.480 e. The minimum absolute atomic E-state index is 0.0397. The first-order valence-corrected chi connectivity index (χ1v) is 5.34. The fourth-order valence-electron chi connectivity index (χ4n) is 2.00. The van der Waals surface area contributed by atoms with E-state index < -0.39 is 23.5 Å². The molecule has 0 aromatic carbocycles. The summed E-state index contributed by atoms with van der Waals surface area (Å²) < 4.78 is 4.87. The van der Waals surface area contributed by atoms with Crippen molar-refractivity contribution in [3.05, 3.63) is 0 Å². The van der Waals surface area contributed by atoms with Crippen molar-refractivity contribution in [2.45, 2.75) is 37.3 Å².